The molecule has 3 atom stereocenters. The number of rotatable bonds is 5. The zero-order chi connectivity index (χ0) is 26.3. The lowest BCUT2D eigenvalue weighted by Gasteiger charge is -2.39. The van der Waals surface area contributed by atoms with E-state index in [-0.39, 0.29) is 42.2 Å². The number of piperidine rings is 1. The topological polar surface area (TPSA) is 127 Å². The lowest BCUT2D eigenvalue weighted by molar-refractivity contribution is -0.177. The average Bonchev–Trinajstić information content (AvgIpc) is 3.39. The molecule has 0 aliphatic carbocycles. The van der Waals surface area contributed by atoms with Gasteiger partial charge in [-0.15, -0.1) is 0 Å². The summed E-state index contributed by atoms with van der Waals surface area (Å²) in [6.45, 7) is 1.39. The van der Waals surface area contributed by atoms with Gasteiger partial charge in [-0.05, 0) is 30.5 Å². The van der Waals surface area contributed by atoms with Crippen LogP contribution in [0, 0.1) is 5.92 Å². The molecule has 2 fully saturated rings. The van der Waals surface area contributed by atoms with E-state index < -0.39 is 30.2 Å². The summed E-state index contributed by atoms with van der Waals surface area (Å²) in [7, 11) is 0. The smallest absolute Gasteiger partial charge is 0.393 e. The quantitative estimate of drug-likeness (QED) is 0.437. The Morgan fingerprint density at radius 3 is 2.78 bits per heavy atom. The van der Waals surface area contributed by atoms with Gasteiger partial charge in [-0.3, -0.25) is 19.7 Å². The lowest BCUT2D eigenvalue weighted by atomic mass is 9.93. The molecule has 0 spiro atoms. The normalized spacial score (nSPS) is 23.1. The highest BCUT2D eigenvalue weighted by atomic mass is 19.4. The second kappa shape index (κ2) is 9.78. The number of anilines is 3. The van der Waals surface area contributed by atoms with Crippen LogP contribution in [0.25, 0.3) is 11.1 Å². The number of halogens is 4. The Labute approximate surface area is 209 Å². The van der Waals surface area contributed by atoms with Crippen molar-refractivity contribution in [1.82, 2.24) is 14.9 Å². The molecule has 9 nitrogen and oxygen atoms in total. The predicted octanol–water partition coefficient (Wildman–Crippen LogP) is 3.32. The van der Waals surface area contributed by atoms with E-state index >= 15 is 0 Å². The van der Waals surface area contributed by atoms with Gasteiger partial charge in [0.25, 0.3) is 5.91 Å². The van der Waals surface area contributed by atoms with Crippen LogP contribution in [0.4, 0.5) is 34.8 Å². The van der Waals surface area contributed by atoms with Gasteiger partial charge in [0.05, 0.1) is 23.5 Å². The maximum absolute atomic E-state index is 13.5. The average molecular weight is 522 g/mol. The van der Waals surface area contributed by atoms with Crippen LogP contribution in [0.2, 0.25) is 0 Å². The molecule has 198 valence electrons. The number of nitrogen functional groups attached to an aromatic ring is 1. The fourth-order valence-electron chi connectivity index (χ4n) is 5.05. The minimum absolute atomic E-state index is 0.00450. The molecular weight excluding hydrogens is 494 g/mol. The van der Waals surface area contributed by atoms with Crippen molar-refractivity contribution in [2.24, 2.45) is 11.7 Å². The van der Waals surface area contributed by atoms with Crippen LogP contribution >= 0.6 is 0 Å². The molecule has 2 aliphatic rings. The molecule has 2 saturated heterocycles. The molecule has 5 heterocycles. The van der Waals surface area contributed by atoms with Crippen molar-refractivity contribution in [2.45, 2.75) is 37.8 Å². The highest BCUT2D eigenvalue weighted by molar-refractivity contribution is 6.15. The third-order valence-corrected chi connectivity index (χ3v) is 6.79. The Morgan fingerprint density at radius 2 is 2.05 bits per heavy atom. The zero-order valence-corrected chi connectivity index (χ0v) is 19.8. The standard InChI is InChI=1S/C24H27F4N7O2/c25-15-2-4-34(11-15)9-13-5-19-21(32-7-13)20(22(30)37-19)23(36)33-17-8-31-3-1-18(17)35-10-14(24(26,27)28)6-16(29)12-35/h1,3,5,7-8,14-16H,2,4,6,9-12,29-30H2,(H,33,36)/t14?,15-,16?/m0/s1. The van der Waals surface area contributed by atoms with E-state index in [0.717, 1.165) is 5.56 Å². The Balaban J connectivity index is 1.37. The summed E-state index contributed by atoms with van der Waals surface area (Å²) in [6, 6.07) is 2.56. The highest BCUT2D eigenvalue weighted by Gasteiger charge is 2.44. The number of carbonyl (C=O) groups excluding carboxylic acids is 1. The minimum atomic E-state index is -4.39. The summed E-state index contributed by atoms with van der Waals surface area (Å²) < 4.78 is 59.4. The first-order valence-corrected chi connectivity index (χ1v) is 11.9. The van der Waals surface area contributed by atoms with Gasteiger partial charge in [0.15, 0.2) is 5.58 Å². The van der Waals surface area contributed by atoms with E-state index in [1.165, 1.54) is 23.4 Å². The Kier molecular flexibility index (Phi) is 6.67. The van der Waals surface area contributed by atoms with Crippen molar-refractivity contribution in [1.29, 1.82) is 0 Å². The first-order chi connectivity index (χ1) is 17.6. The number of hydrogen-bond acceptors (Lipinski definition) is 8. The number of aromatic nitrogens is 2. The molecule has 0 bridgehead atoms. The molecule has 0 saturated carbocycles. The molecule has 5 N–H and O–H groups in total. The number of likely N-dealkylation sites (tertiary alicyclic amines) is 1. The molecule has 2 aliphatic heterocycles. The molecule has 13 heteroatoms. The van der Waals surface area contributed by atoms with Gasteiger partial charge in [-0.2, -0.15) is 13.2 Å². The molecular formula is C24H27F4N7O2. The van der Waals surface area contributed by atoms with Crippen molar-refractivity contribution in [2.75, 3.05) is 42.1 Å². The monoisotopic (exact) mass is 521 g/mol. The van der Waals surface area contributed by atoms with E-state index in [1.807, 2.05) is 4.90 Å². The van der Waals surface area contributed by atoms with E-state index in [1.54, 1.807) is 12.3 Å². The summed E-state index contributed by atoms with van der Waals surface area (Å²) in [4.78, 5) is 25.1. The Hall–Kier alpha value is -3.45. The predicted molar refractivity (Wildman–Crippen MR) is 130 cm³/mol. The number of nitrogens with zero attached hydrogens (tertiary/aromatic N) is 4. The summed E-state index contributed by atoms with van der Waals surface area (Å²) in [6.07, 6.45) is -0.527. The van der Waals surface area contributed by atoms with Crippen molar-refractivity contribution >= 4 is 34.3 Å². The number of alkyl halides is 4. The van der Waals surface area contributed by atoms with Gasteiger partial charge in [0.2, 0.25) is 5.88 Å². The van der Waals surface area contributed by atoms with Crippen LogP contribution in [0.15, 0.2) is 35.1 Å². The van der Waals surface area contributed by atoms with Gasteiger partial charge >= 0.3 is 6.18 Å². The third-order valence-electron chi connectivity index (χ3n) is 6.79. The molecule has 5 rings (SSSR count). The van der Waals surface area contributed by atoms with Crippen LogP contribution in [0.3, 0.4) is 0 Å². The number of hydrogen-bond donors (Lipinski definition) is 3. The molecule has 3 aromatic rings. The van der Waals surface area contributed by atoms with Crippen molar-refractivity contribution < 1.29 is 26.8 Å². The summed E-state index contributed by atoms with van der Waals surface area (Å²) >= 11 is 0. The molecule has 1 amide bonds. The number of nitrogens with one attached hydrogen (secondary N) is 1. The van der Waals surface area contributed by atoms with E-state index in [0.29, 0.717) is 37.3 Å². The van der Waals surface area contributed by atoms with E-state index in [9.17, 15) is 22.4 Å². The number of pyridine rings is 2. The second-order valence-corrected chi connectivity index (χ2v) is 9.64. The third kappa shape index (κ3) is 5.32. The van der Waals surface area contributed by atoms with Gasteiger partial charge < -0.3 is 26.1 Å². The highest BCUT2D eigenvalue weighted by Crippen LogP contribution is 2.37. The number of carbonyl (C=O) groups is 1. The van der Waals surface area contributed by atoms with E-state index in [4.69, 9.17) is 15.9 Å². The maximum atomic E-state index is 13.5. The first-order valence-electron chi connectivity index (χ1n) is 11.9. The van der Waals surface area contributed by atoms with E-state index in [2.05, 4.69) is 15.3 Å². The molecule has 0 aromatic carbocycles. The molecule has 2 unspecified atom stereocenters. The van der Waals surface area contributed by atoms with Crippen molar-refractivity contribution in [3.8, 4) is 0 Å². The summed E-state index contributed by atoms with van der Waals surface area (Å²) in [5.74, 6) is -2.37. The van der Waals surface area contributed by atoms with Crippen LogP contribution in [-0.2, 0) is 6.54 Å². The second-order valence-electron chi connectivity index (χ2n) is 9.64. The van der Waals surface area contributed by atoms with Gasteiger partial charge in [-0.25, -0.2) is 4.39 Å². The van der Waals surface area contributed by atoms with Crippen LogP contribution in [0.1, 0.15) is 28.8 Å². The van der Waals surface area contributed by atoms with Crippen LogP contribution < -0.4 is 21.7 Å². The largest absolute Gasteiger partial charge is 0.438 e. The Morgan fingerprint density at radius 1 is 1.24 bits per heavy atom. The number of furan rings is 1. The number of nitrogens with two attached hydrogens (primary N) is 2. The fourth-order valence-corrected chi connectivity index (χ4v) is 5.05. The number of amides is 1. The molecule has 3 aromatic heterocycles. The first kappa shape index (κ1) is 25.2. The zero-order valence-electron chi connectivity index (χ0n) is 19.8. The van der Waals surface area contributed by atoms with Crippen molar-refractivity contribution in [3.63, 3.8) is 0 Å². The fraction of sp³-hybridized carbons (Fsp3) is 0.458. The van der Waals surface area contributed by atoms with Gasteiger partial charge in [-0.1, -0.05) is 0 Å². The van der Waals surface area contributed by atoms with Crippen LogP contribution in [-0.4, -0.2) is 65.3 Å². The van der Waals surface area contributed by atoms with Gasteiger partial charge in [0, 0.05) is 51.2 Å². The Bertz CT molecular complexity index is 1300. The minimum Gasteiger partial charge on any atom is -0.438 e. The summed E-state index contributed by atoms with van der Waals surface area (Å²) in [5.41, 5.74) is 13.9. The molecule has 0 radical (unpaired) electrons. The summed E-state index contributed by atoms with van der Waals surface area (Å²) in [5, 5.41) is 2.69. The molecule has 37 heavy (non-hydrogen) atoms. The van der Waals surface area contributed by atoms with Crippen LogP contribution in [0.5, 0.6) is 0 Å². The van der Waals surface area contributed by atoms with Gasteiger partial charge in [0.1, 0.15) is 17.3 Å². The maximum Gasteiger partial charge on any atom is 0.393 e. The lowest BCUT2D eigenvalue weighted by Crippen LogP contribution is -2.51. The number of fused-ring (bicyclic) bond motifs is 1. The SMILES string of the molecule is Nc1oc2cc(CN3CC[C@H](F)C3)cnc2c1C(=O)Nc1cnccc1N1CC(N)CC(C(F)(F)F)C1. The van der Waals surface area contributed by atoms with Crippen molar-refractivity contribution in [3.05, 3.63) is 41.9 Å².